The molecule has 1 atom stereocenters. The molecule has 1 unspecified atom stereocenters. The van der Waals surface area contributed by atoms with Gasteiger partial charge in [0.2, 0.25) is 5.91 Å². The van der Waals surface area contributed by atoms with Gasteiger partial charge in [0.05, 0.1) is 24.2 Å². The maximum atomic E-state index is 11.8. The summed E-state index contributed by atoms with van der Waals surface area (Å²) in [5, 5.41) is 22.0. The minimum atomic E-state index is -0.863. The molecule has 0 aliphatic rings. The number of halogens is 1. The molecule has 0 aromatic heterocycles. The van der Waals surface area contributed by atoms with E-state index in [9.17, 15) is 9.90 Å². The molecular weight excluding hydrogens is 300 g/mol. The van der Waals surface area contributed by atoms with Crippen LogP contribution < -0.4 is 5.32 Å². The lowest BCUT2D eigenvalue weighted by atomic mass is 10.1. The lowest BCUT2D eigenvalue weighted by Crippen LogP contribution is -2.24. The van der Waals surface area contributed by atoms with E-state index < -0.39 is 6.10 Å². The van der Waals surface area contributed by atoms with Crippen molar-refractivity contribution in [3.63, 3.8) is 0 Å². The number of hydrogen-bond donors (Lipinski definition) is 2. The third kappa shape index (κ3) is 4.59. The summed E-state index contributed by atoms with van der Waals surface area (Å²) in [6, 6.07) is 15.7. The zero-order valence-electron chi connectivity index (χ0n) is 11.8. The van der Waals surface area contributed by atoms with Gasteiger partial charge in [-0.1, -0.05) is 35.9 Å². The summed E-state index contributed by atoms with van der Waals surface area (Å²) in [6.07, 6.45) is -0.879. The number of benzene rings is 2. The van der Waals surface area contributed by atoms with Gasteiger partial charge in [0.25, 0.3) is 0 Å². The van der Waals surface area contributed by atoms with Crippen molar-refractivity contribution in [2.45, 2.75) is 19.1 Å². The SMILES string of the molecule is N#Cc1ccc(CNC(=O)CC(O)c2ccc(Cl)cc2)cc1. The first kappa shape index (κ1) is 16.0. The van der Waals surface area contributed by atoms with Crippen molar-refractivity contribution in [2.75, 3.05) is 0 Å². The standard InChI is InChI=1S/C17H15ClN2O2/c18-15-7-5-14(6-8-15)16(21)9-17(22)20-11-13-3-1-12(10-19)2-4-13/h1-8,16,21H,9,11H2,(H,20,22). The molecule has 0 saturated heterocycles. The van der Waals surface area contributed by atoms with Crippen LogP contribution in [0.4, 0.5) is 0 Å². The molecule has 0 spiro atoms. The summed E-state index contributed by atoms with van der Waals surface area (Å²) in [4.78, 5) is 11.8. The monoisotopic (exact) mass is 314 g/mol. The fourth-order valence-corrected chi connectivity index (χ4v) is 2.07. The second-order valence-corrected chi connectivity index (χ2v) is 5.29. The Morgan fingerprint density at radius 1 is 1.18 bits per heavy atom. The second kappa shape index (κ2) is 7.60. The highest BCUT2D eigenvalue weighted by molar-refractivity contribution is 6.30. The molecule has 0 radical (unpaired) electrons. The highest BCUT2D eigenvalue weighted by atomic mass is 35.5. The summed E-state index contributed by atoms with van der Waals surface area (Å²) < 4.78 is 0. The van der Waals surface area contributed by atoms with E-state index >= 15 is 0 Å². The molecule has 0 bridgehead atoms. The molecule has 2 aromatic carbocycles. The fourth-order valence-electron chi connectivity index (χ4n) is 1.95. The minimum Gasteiger partial charge on any atom is -0.388 e. The van der Waals surface area contributed by atoms with Gasteiger partial charge in [-0.2, -0.15) is 5.26 Å². The summed E-state index contributed by atoms with van der Waals surface area (Å²) >= 11 is 5.78. The number of amides is 1. The number of nitrogens with one attached hydrogen (secondary N) is 1. The van der Waals surface area contributed by atoms with E-state index in [-0.39, 0.29) is 12.3 Å². The summed E-state index contributed by atoms with van der Waals surface area (Å²) in [7, 11) is 0. The Hall–Kier alpha value is -2.35. The van der Waals surface area contributed by atoms with E-state index in [4.69, 9.17) is 16.9 Å². The Bertz CT molecular complexity index is 675. The molecular formula is C17H15ClN2O2. The Balaban J connectivity index is 1.84. The topological polar surface area (TPSA) is 73.1 Å². The van der Waals surface area contributed by atoms with Crippen LogP contribution in [0.3, 0.4) is 0 Å². The first-order valence-electron chi connectivity index (χ1n) is 6.78. The van der Waals surface area contributed by atoms with Crippen LogP contribution in [0, 0.1) is 11.3 Å². The summed E-state index contributed by atoms with van der Waals surface area (Å²) in [5.41, 5.74) is 2.12. The van der Waals surface area contributed by atoms with Gasteiger partial charge in [-0.25, -0.2) is 0 Å². The van der Waals surface area contributed by atoms with Gasteiger partial charge in [0, 0.05) is 11.6 Å². The molecule has 2 N–H and O–H groups in total. The molecule has 2 rings (SSSR count). The normalized spacial score (nSPS) is 11.5. The maximum absolute atomic E-state index is 11.8. The molecule has 5 heteroatoms. The average molecular weight is 315 g/mol. The van der Waals surface area contributed by atoms with Crippen LogP contribution in [0.2, 0.25) is 5.02 Å². The molecule has 0 aliphatic heterocycles. The fraction of sp³-hybridized carbons (Fsp3) is 0.176. The Morgan fingerprint density at radius 2 is 1.82 bits per heavy atom. The van der Waals surface area contributed by atoms with Crippen LogP contribution in [-0.2, 0) is 11.3 Å². The van der Waals surface area contributed by atoms with Crippen LogP contribution in [0.1, 0.15) is 29.2 Å². The average Bonchev–Trinajstić information content (AvgIpc) is 2.54. The minimum absolute atomic E-state index is 0.0160. The number of hydrogen-bond acceptors (Lipinski definition) is 3. The van der Waals surface area contributed by atoms with Gasteiger partial charge in [-0.05, 0) is 35.4 Å². The lowest BCUT2D eigenvalue weighted by molar-refractivity contribution is -0.123. The quantitative estimate of drug-likeness (QED) is 0.891. The highest BCUT2D eigenvalue weighted by Gasteiger charge is 2.12. The first-order valence-corrected chi connectivity index (χ1v) is 7.15. The van der Waals surface area contributed by atoms with Crippen molar-refractivity contribution in [1.82, 2.24) is 5.32 Å². The Morgan fingerprint density at radius 3 is 2.41 bits per heavy atom. The smallest absolute Gasteiger partial charge is 0.223 e. The highest BCUT2D eigenvalue weighted by Crippen LogP contribution is 2.19. The lowest BCUT2D eigenvalue weighted by Gasteiger charge is -2.11. The van der Waals surface area contributed by atoms with E-state index in [1.807, 2.05) is 6.07 Å². The molecule has 22 heavy (non-hydrogen) atoms. The van der Waals surface area contributed by atoms with E-state index in [1.54, 1.807) is 48.5 Å². The predicted molar refractivity (Wildman–Crippen MR) is 84.0 cm³/mol. The van der Waals surface area contributed by atoms with E-state index in [1.165, 1.54) is 0 Å². The van der Waals surface area contributed by atoms with Crippen LogP contribution >= 0.6 is 11.6 Å². The predicted octanol–water partition coefficient (Wildman–Crippen LogP) is 2.95. The van der Waals surface area contributed by atoms with Gasteiger partial charge in [-0.3, -0.25) is 4.79 Å². The Labute approximate surface area is 134 Å². The molecule has 0 heterocycles. The van der Waals surface area contributed by atoms with Crippen LogP contribution in [0.5, 0.6) is 0 Å². The van der Waals surface area contributed by atoms with Gasteiger partial charge in [0.15, 0.2) is 0 Å². The second-order valence-electron chi connectivity index (χ2n) is 4.86. The Kier molecular flexibility index (Phi) is 5.54. The van der Waals surface area contributed by atoms with Crippen LogP contribution in [0.15, 0.2) is 48.5 Å². The van der Waals surface area contributed by atoms with Crippen LogP contribution in [-0.4, -0.2) is 11.0 Å². The van der Waals surface area contributed by atoms with Crippen LogP contribution in [0.25, 0.3) is 0 Å². The van der Waals surface area contributed by atoms with Crippen molar-refractivity contribution < 1.29 is 9.90 Å². The number of nitriles is 1. The summed E-state index contributed by atoms with van der Waals surface area (Å²) in [5.74, 6) is -0.244. The molecule has 1 amide bonds. The van der Waals surface area contributed by atoms with Crippen molar-refractivity contribution >= 4 is 17.5 Å². The number of aliphatic hydroxyl groups is 1. The molecule has 112 valence electrons. The molecule has 2 aromatic rings. The van der Waals surface area contributed by atoms with E-state index in [2.05, 4.69) is 5.32 Å². The number of nitrogens with zero attached hydrogens (tertiary/aromatic N) is 1. The number of aliphatic hydroxyl groups excluding tert-OH is 1. The molecule has 0 saturated carbocycles. The largest absolute Gasteiger partial charge is 0.388 e. The zero-order chi connectivity index (χ0) is 15.9. The number of carbonyl (C=O) groups excluding carboxylic acids is 1. The van der Waals surface area contributed by atoms with Gasteiger partial charge >= 0.3 is 0 Å². The van der Waals surface area contributed by atoms with E-state index in [0.717, 1.165) is 5.56 Å². The molecule has 0 fully saturated rings. The van der Waals surface area contributed by atoms with Crippen molar-refractivity contribution in [3.8, 4) is 6.07 Å². The van der Waals surface area contributed by atoms with E-state index in [0.29, 0.717) is 22.7 Å². The van der Waals surface area contributed by atoms with Gasteiger partial charge in [0.1, 0.15) is 0 Å². The van der Waals surface area contributed by atoms with Crippen molar-refractivity contribution in [3.05, 3.63) is 70.2 Å². The molecule has 4 nitrogen and oxygen atoms in total. The summed E-state index contributed by atoms with van der Waals surface area (Å²) in [6.45, 7) is 0.359. The van der Waals surface area contributed by atoms with Crippen molar-refractivity contribution in [2.24, 2.45) is 0 Å². The number of carbonyl (C=O) groups is 1. The number of rotatable bonds is 5. The first-order chi connectivity index (χ1) is 10.6. The zero-order valence-corrected chi connectivity index (χ0v) is 12.5. The third-order valence-corrected chi connectivity index (χ3v) is 3.46. The molecule has 0 aliphatic carbocycles. The van der Waals surface area contributed by atoms with Gasteiger partial charge in [-0.15, -0.1) is 0 Å². The van der Waals surface area contributed by atoms with Crippen molar-refractivity contribution in [1.29, 1.82) is 5.26 Å². The maximum Gasteiger partial charge on any atom is 0.223 e. The van der Waals surface area contributed by atoms with Gasteiger partial charge < -0.3 is 10.4 Å². The third-order valence-electron chi connectivity index (χ3n) is 3.21.